The van der Waals surface area contributed by atoms with Crippen LogP contribution in [0.3, 0.4) is 0 Å². The summed E-state index contributed by atoms with van der Waals surface area (Å²) in [5, 5.41) is 0.324. The van der Waals surface area contributed by atoms with E-state index in [4.69, 9.17) is 21.1 Å². The molecule has 1 aliphatic heterocycles. The SMILES string of the molecule is CCOc1cc(/C=C2\C(=O)N(CC)c3ccccc32)cc(Cl)c1OCc1ccccc1F. The van der Waals surface area contributed by atoms with Crippen LogP contribution in [0.1, 0.15) is 30.5 Å². The zero-order chi connectivity index (χ0) is 22.7. The van der Waals surface area contributed by atoms with Gasteiger partial charge in [0.15, 0.2) is 11.5 Å². The maximum absolute atomic E-state index is 14.0. The molecular formula is C26H23ClFNO3. The van der Waals surface area contributed by atoms with Crippen molar-refractivity contribution in [3.05, 3.63) is 88.2 Å². The van der Waals surface area contributed by atoms with Crippen molar-refractivity contribution < 1.29 is 18.7 Å². The van der Waals surface area contributed by atoms with Crippen LogP contribution >= 0.6 is 11.6 Å². The first-order valence-corrected chi connectivity index (χ1v) is 10.9. The highest BCUT2D eigenvalue weighted by atomic mass is 35.5. The van der Waals surface area contributed by atoms with Crippen molar-refractivity contribution in [1.29, 1.82) is 0 Å². The lowest BCUT2D eigenvalue weighted by Gasteiger charge is -2.15. The molecule has 4 nitrogen and oxygen atoms in total. The minimum atomic E-state index is -0.346. The number of para-hydroxylation sites is 1. The maximum Gasteiger partial charge on any atom is 0.258 e. The molecule has 0 saturated heterocycles. The van der Waals surface area contributed by atoms with E-state index >= 15 is 0 Å². The van der Waals surface area contributed by atoms with Gasteiger partial charge in [0.2, 0.25) is 0 Å². The van der Waals surface area contributed by atoms with Crippen LogP contribution in [0.2, 0.25) is 5.02 Å². The van der Waals surface area contributed by atoms with Crippen molar-refractivity contribution in [2.45, 2.75) is 20.5 Å². The average Bonchev–Trinajstić information content (AvgIpc) is 3.05. The van der Waals surface area contributed by atoms with Crippen molar-refractivity contribution in [2.24, 2.45) is 0 Å². The normalized spacial score (nSPS) is 14.1. The molecule has 0 atom stereocenters. The fourth-order valence-electron chi connectivity index (χ4n) is 3.77. The molecule has 0 bridgehead atoms. The Hall–Kier alpha value is -3.31. The summed E-state index contributed by atoms with van der Waals surface area (Å²) in [7, 11) is 0. The molecule has 0 spiro atoms. The van der Waals surface area contributed by atoms with Crippen molar-refractivity contribution >= 4 is 34.8 Å². The molecule has 0 saturated carbocycles. The number of halogens is 2. The fraction of sp³-hybridized carbons (Fsp3) is 0.192. The van der Waals surface area contributed by atoms with Gasteiger partial charge in [0.05, 0.1) is 17.3 Å². The van der Waals surface area contributed by atoms with E-state index in [0.29, 0.717) is 46.4 Å². The van der Waals surface area contributed by atoms with Crippen molar-refractivity contribution in [3.63, 3.8) is 0 Å². The third-order valence-corrected chi connectivity index (χ3v) is 5.53. The number of fused-ring (bicyclic) bond motifs is 1. The lowest BCUT2D eigenvalue weighted by molar-refractivity contribution is -0.112. The van der Waals surface area contributed by atoms with E-state index in [1.807, 2.05) is 44.2 Å². The van der Waals surface area contributed by atoms with Crippen LogP contribution in [0.5, 0.6) is 11.5 Å². The van der Waals surface area contributed by atoms with Gasteiger partial charge in [-0.3, -0.25) is 4.79 Å². The van der Waals surface area contributed by atoms with Crippen molar-refractivity contribution in [2.75, 3.05) is 18.1 Å². The third-order valence-electron chi connectivity index (χ3n) is 5.25. The monoisotopic (exact) mass is 451 g/mol. The molecule has 3 aromatic rings. The molecule has 1 heterocycles. The summed E-state index contributed by atoms with van der Waals surface area (Å²) in [6.45, 7) is 4.81. The summed E-state index contributed by atoms with van der Waals surface area (Å²) in [4.78, 5) is 14.7. The Morgan fingerprint density at radius 1 is 1.03 bits per heavy atom. The summed E-state index contributed by atoms with van der Waals surface area (Å²) in [5.41, 5.74) is 3.51. The van der Waals surface area contributed by atoms with Crippen LogP contribution in [0.25, 0.3) is 11.6 Å². The number of benzene rings is 3. The number of hydrogen-bond donors (Lipinski definition) is 0. The minimum Gasteiger partial charge on any atom is -0.490 e. The quantitative estimate of drug-likeness (QED) is 0.392. The smallest absolute Gasteiger partial charge is 0.258 e. The van der Waals surface area contributed by atoms with Gasteiger partial charge in [0.1, 0.15) is 12.4 Å². The molecule has 0 N–H and O–H groups in total. The van der Waals surface area contributed by atoms with E-state index in [9.17, 15) is 9.18 Å². The molecule has 0 aromatic heterocycles. The van der Waals surface area contributed by atoms with Crippen molar-refractivity contribution in [1.82, 2.24) is 0 Å². The molecule has 0 radical (unpaired) electrons. The van der Waals surface area contributed by atoms with Crippen molar-refractivity contribution in [3.8, 4) is 11.5 Å². The van der Waals surface area contributed by atoms with Crippen LogP contribution in [-0.2, 0) is 11.4 Å². The Balaban J connectivity index is 1.69. The summed E-state index contributed by atoms with van der Waals surface area (Å²) >= 11 is 6.53. The van der Waals surface area contributed by atoms with Gasteiger partial charge in [-0.15, -0.1) is 0 Å². The molecule has 1 aliphatic rings. The number of likely N-dealkylation sites (N-methyl/N-ethyl adjacent to an activating group) is 1. The lowest BCUT2D eigenvalue weighted by atomic mass is 10.0. The number of carbonyl (C=O) groups excluding carboxylic acids is 1. The first-order chi connectivity index (χ1) is 15.5. The summed E-state index contributed by atoms with van der Waals surface area (Å²) < 4.78 is 25.5. The molecule has 4 rings (SSSR count). The largest absolute Gasteiger partial charge is 0.490 e. The van der Waals surface area contributed by atoms with Crippen LogP contribution in [-0.4, -0.2) is 19.1 Å². The third kappa shape index (κ3) is 4.21. The zero-order valence-electron chi connectivity index (χ0n) is 17.9. The second-order valence-corrected chi connectivity index (χ2v) is 7.67. The van der Waals surface area contributed by atoms with Crippen LogP contribution < -0.4 is 14.4 Å². The second-order valence-electron chi connectivity index (χ2n) is 7.27. The fourth-order valence-corrected chi connectivity index (χ4v) is 4.04. The van der Waals surface area contributed by atoms with E-state index in [1.165, 1.54) is 6.07 Å². The summed E-state index contributed by atoms with van der Waals surface area (Å²) in [6, 6.07) is 17.6. The van der Waals surface area contributed by atoms with E-state index in [2.05, 4.69) is 0 Å². The van der Waals surface area contributed by atoms with Gasteiger partial charge in [-0.05, 0) is 49.8 Å². The molecule has 3 aromatic carbocycles. The van der Waals surface area contributed by atoms with Gasteiger partial charge in [0, 0.05) is 23.2 Å². The van der Waals surface area contributed by atoms with E-state index in [-0.39, 0.29) is 18.3 Å². The number of ether oxygens (including phenoxy) is 2. The highest BCUT2D eigenvalue weighted by molar-refractivity contribution is 6.36. The lowest BCUT2D eigenvalue weighted by Crippen LogP contribution is -2.25. The Kier molecular flexibility index (Phi) is 6.47. The van der Waals surface area contributed by atoms with E-state index in [0.717, 1.165) is 11.3 Å². The second kappa shape index (κ2) is 9.45. The number of rotatable bonds is 7. The van der Waals surface area contributed by atoms with E-state index in [1.54, 1.807) is 35.2 Å². The summed E-state index contributed by atoms with van der Waals surface area (Å²) in [5.74, 6) is 0.381. The first kappa shape index (κ1) is 21.9. The Morgan fingerprint density at radius 3 is 2.53 bits per heavy atom. The Morgan fingerprint density at radius 2 is 1.78 bits per heavy atom. The predicted molar refractivity (Wildman–Crippen MR) is 126 cm³/mol. The van der Waals surface area contributed by atoms with Gasteiger partial charge >= 0.3 is 0 Å². The van der Waals surface area contributed by atoms with Gasteiger partial charge < -0.3 is 14.4 Å². The maximum atomic E-state index is 14.0. The van der Waals surface area contributed by atoms with E-state index < -0.39 is 0 Å². The predicted octanol–water partition coefficient (Wildman–Crippen LogP) is 6.36. The van der Waals surface area contributed by atoms with Gasteiger partial charge in [-0.1, -0.05) is 48.0 Å². The van der Waals surface area contributed by atoms with Crippen LogP contribution in [0.4, 0.5) is 10.1 Å². The minimum absolute atomic E-state index is 0.0181. The molecular weight excluding hydrogens is 429 g/mol. The molecule has 6 heteroatoms. The highest BCUT2D eigenvalue weighted by Crippen LogP contribution is 2.41. The highest BCUT2D eigenvalue weighted by Gasteiger charge is 2.30. The number of amides is 1. The molecule has 1 amide bonds. The number of anilines is 1. The standard InChI is InChI=1S/C26H23ClFNO3/c1-3-29-23-12-8-6-10-19(23)20(26(29)30)13-17-14-21(27)25(24(15-17)31-4-2)32-16-18-9-5-7-11-22(18)28/h5-15H,3-4,16H2,1-2H3/b20-13-. The molecule has 0 fully saturated rings. The number of carbonyl (C=O) groups is 1. The number of hydrogen-bond acceptors (Lipinski definition) is 3. The molecule has 0 unspecified atom stereocenters. The van der Waals surface area contributed by atoms with Crippen LogP contribution in [0.15, 0.2) is 60.7 Å². The average molecular weight is 452 g/mol. The number of nitrogens with zero attached hydrogens (tertiary/aromatic N) is 1. The Labute approximate surface area is 191 Å². The molecule has 32 heavy (non-hydrogen) atoms. The topological polar surface area (TPSA) is 38.8 Å². The zero-order valence-corrected chi connectivity index (χ0v) is 18.7. The molecule has 0 aliphatic carbocycles. The van der Waals surface area contributed by atoms with Gasteiger partial charge in [-0.2, -0.15) is 0 Å². The van der Waals surface area contributed by atoms with Crippen LogP contribution in [0, 0.1) is 5.82 Å². The Bertz CT molecular complexity index is 1190. The molecule has 164 valence electrons. The first-order valence-electron chi connectivity index (χ1n) is 10.5. The van der Waals surface area contributed by atoms with Gasteiger partial charge in [-0.25, -0.2) is 4.39 Å². The summed E-state index contributed by atoms with van der Waals surface area (Å²) in [6.07, 6.45) is 1.81. The van der Waals surface area contributed by atoms with Gasteiger partial charge in [0.25, 0.3) is 5.91 Å².